The first-order chi connectivity index (χ1) is 12.4. The molecular formula is C20H19BrCl2N2O. The standard InChI is InChI=1S/C20H19BrCl2N2O/c1-12(2)15-10-24-25(20-17(22)5-4-6-18(20)23)19(15)11-26-14-7-8-16(21)13(3)9-14/h4-10,12H,11H2,1-3H3. The molecule has 6 heteroatoms. The normalized spacial score (nSPS) is 11.2. The van der Waals surface area contributed by atoms with Crippen LogP contribution < -0.4 is 4.74 Å². The van der Waals surface area contributed by atoms with Crippen LogP contribution in [0.3, 0.4) is 0 Å². The van der Waals surface area contributed by atoms with Crippen molar-refractivity contribution < 1.29 is 4.74 Å². The highest BCUT2D eigenvalue weighted by Gasteiger charge is 2.19. The second-order valence-corrected chi connectivity index (χ2v) is 8.05. The number of halogens is 3. The van der Waals surface area contributed by atoms with E-state index in [-0.39, 0.29) is 0 Å². The molecule has 0 fully saturated rings. The van der Waals surface area contributed by atoms with Crippen LogP contribution in [0.4, 0.5) is 0 Å². The van der Waals surface area contributed by atoms with Gasteiger partial charge >= 0.3 is 0 Å². The van der Waals surface area contributed by atoms with E-state index in [2.05, 4.69) is 34.9 Å². The number of para-hydroxylation sites is 1. The maximum Gasteiger partial charge on any atom is 0.131 e. The van der Waals surface area contributed by atoms with Crippen molar-refractivity contribution in [1.82, 2.24) is 9.78 Å². The fraction of sp³-hybridized carbons (Fsp3) is 0.250. The van der Waals surface area contributed by atoms with Crippen LogP contribution in [0.1, 0.15) is 36.6 Å². The molecule has 0 saturated carbocycles. The monoisotopic (exact) mass is 452 g/mol. The van der Waals surface area contributed by atoms with E-state index in [1.807, 2.05) is 49.5 Å². The van der Waals surface area contributed by atoms with E-state index in [4.69, 9.17) is 27.9 Å². The molecule has 0 saturated heterocycles. The third-order valence-electron chi connectivity index (χ3n) is 4.18. The zero-order valence-corrected chi connectivity index (χ0v) is 17.9. The summed E-state index contributed by atoms with van der Waals surface area (Å²) < 4.78 is 8.89. The number of benzene rings is 2. The average molecular weight is 454 g/mol. The van der Waals surface area contributed by atoms with Gasteiger partial charge in [-0.25, -0.2) is 4.68 Å². The number of hydrogen-bond donors (Lipinski definition) is 0. The van der Waals surface area contributed by atoms with Crippen LogP contribution in [0.2, 0.25) is 10.0 Å². The Kier molecular flexibility index (Phi) is 5.96. The van der Waals surface area contributed by atoms with Crippen LogP contribution in [0, 0.1) is 6.92 Å². The van der Waals surface area contributed by atoms with E-state index in [0.29, 0.717) is 28.3 Å². The van der Waals surface area contributed by atoms with Gasteiger partial charge in [0, 0.05) is 4.47 Å². The molecule has 1 heterocycles. The lowest BCUT2D eigenvalue weighted by atomic mass is 10.0. The van der Waals surface area contributed by atoms with E-state index < -0.39 is 0 Å². The SMILES string of the molecule is Cc1cc(OCc2c(C(C)C)cnn2-c2c(Cl)cccc2Cl)ccc1Br. The molecule has 1 aromatic heterocycles. The minimum absolute atomic E-state index is 0.301. The van der Waals surface area contributed by atoms with E-state index in [1.54, 1.807) is 4.68 Å². The Hall–Kier alpha value is -1.49. The van der Waals surface area contributed by atoms with Crippen LogP contribution in [0.15, 0.2) is 47.1 Å². The number of nitrogens with zero attached hydrogens (tertiary/aromatic N) is 2. The van der Waals surface area contributed by atoms with E-state index in [1.165, 1.54) is 0 Å². The van der Waals surface area contributed by atoms with Gasteiger partial charge in [-0.1, -0.05) is 59.0 Å². The summed E-state index contributed by atoms with van der Waals surface area (Å²) in [5, 5.41) is 5.64. The zero-order valence-electron chi connectivity index (χ0n) is 14.8. The van der Waals surface area contributed by atoms with Gasteiger partial charge in [-0.2, -0.15) is 5.10 Å². The van der Waals surface area contributed by atoms with Gasteiger partial charge in [0.05, 0.1) is 21.9 Å². The third-order valence-corrected chi connectivity index (χ3v) is 5.68. The minimum Gasteiger partial charge on any atom is -0.487 e. The van der Waals surface area contributed by atoms with Gasteiger partial charge in [0.15, 0.2) is 0 Å². The number of rotatable bonds is 5. The van der Waals surface area contributed by atoms with Crippen LogP contribution in [-0.4, -0.2) is 9.78 Å². The molecule has 0 bridgehead atoms. The van der Waals surface area contributed by atoms with Gasteiger partial charge in [-0.15, -0.1) is 0 Å². The van der Waals surface area contributed by atoms with Crippen molar-refractivity contribution in [3.05, 3.63) is 73.9 Å². The smallest absolute Gasteiger partial charge is 0.131 e. The highest BCUT2D eigenvalue weighted by Crippen LogP contribution is 2.32. The Morgan fingerprint density at radius 2 is 1.85 bits per heavy atom. The molecule has 0 aliphatic rings. The molecule has 0 amide bonds. The molecule has 2 aromatic carbocycles. The molecule has 3 aromatic rings. The molecule has 3 rings (SSSR count). The molecule has 26 heavy (non-hydrogen) atoms. The quantitative estimate of drug-likeness (QED) is 0.417. The van der Waals surface area contributed by atoms with Crippen LogP contribution in [0.5, 0.6) is 5.75 Å². The van der Waals surface area contributed by atoms with Crippen molar-refractivity contribution in [1.29, 1.82) is 0 Å². The lowest BCUT2D eigenvalue weighted by molar-refractivity contribution is 0.295. The number of aryl methyl sites for hydroxylation is 1. The number of hydrogen-bond acceptors (Lipinski definition) is 2. The topological polar surface area (TPSA) is 27.1 Å². The average Bonchev–Trinajstić information content (AvgIpc) is 3.00. The summed E-state index contributed by atoms with van der Waals surface area (Å²) >= 11 is 16.3. The van der Waals surface area contributed by atoms with Gasteiger partial charge in [-0.05, 0) is 54.3 Å². The fourth-order valence-electron chi connectivity index (χ4n) is 2.76. The van der Waals surface area contributed by atoms with Crippen molar-refractivity contribution in [2.75, 3.05) is 0 Å². The summed E-state index contributed by atoms with van der Waals surface area (Å²) in [6.45, 7) is 6.66. The summed E-state index contributed by atoms with van der Waals surface area (Å²) in [5.74, 6) is 1.11. The first kappa shape index (κ1) is 19.3. The maximum absolute atomic E-state index is 6.39. The Balaban J connectivity index is 1.99. The first-order valence-corrected chi connectivity index (χ1v) is 9.83. The van der Waals surface area contributed by atoms with Crippen LogP contribution in [-0.2, 0) is 6.61 Å². The van der Waals surface area contributed by atoms with E-state index in [9.17, 15) is 0 Å². The lowest BCUT2D eigenvalue weighted by Gasteiger charge is -2.15. The predicted octanol–water partition coefficient (Wildman–Crippen LogP) is 6.95. The third kappa shape index (κ3) is 3.93. The Bertz CT molecular complexity index is 917. The number of ether oxygens (including phenoxy) is 1. The number of aromatic nitrogens is 2. The van der Waals surface area contributed by atoms with Crippen molar-refractivity contribution in [3.8, 4) is 11.4 Å². The molecular weight excluding hydrogens is 435 g/mol. The summed E-state index contributed by atoms with van der Waals surface area (Å²) in [6, 6.07) is 11.4. The van der Waals surface area contributed by atoms with Gasteiger partial charge in [-0.3, -0.25) is 0 Å². The summed E-state index contributed by atoms with van der Waals surface area (Å²) in [6.07, 6.45) is 1.86. The van der Waals surface area contributed by atoms with Gasteiger partial charge in [0.1, 0.15) is 18.0 Å². The highest BCUT2D eigenvalue weighted by atomic mass is 79.9. The minimum atomic E-state index is 0.301. The molecule has 0 aliphatic heterocycles. The molecule has 0 spiro atoms. The lowest BCUT2D eigenvalue weighted by Crippen LogP contribution is -2.09. The van der Waals surface area contributed by atoms with Crippen molar-refractivity contribution >= 4 is 39.1 Å². The molecule has 136 valence electrons. The molecule has 0 radical (unpaired) electrons. The zero-order chi connectivity index (χ0) is 18.8. The van der Waals surface area contributed by atoms with Crippen LogP contribution >= 0.6 is 39.1 Å². The van der Waals surface area contributed by atoms with Gasteiger partial charge < -0.3 is 4.74 Å². The van der Waals surface area contributed by atoms with E-state index in [0.717, 1.165) is 27.0 Å². The second kappa shape index (κ2) is 8.03. The molecule has 0 aliphatic carbocycles. The molecule has 3 nitrogen and oxygen atoms in total. The van der Waals surface area contributed by atoms with Crippen molar-refractivity contribution in [3.63, 3.8) is 0 Å². The summed E-state index contributed by atoms with van der Waals surface area (Å²) in [4.78, 5) is 0. The summed E-state index contributed by atoms with van der Waals surface area (Å²) in [7, 11) is 0. The first-order valence-electron chi connectivity index (χ1n) is 8.28. The fourth-order valence-corrected chi connectivity index (χ4v) is 3.56. The van der Waals surface area contributed by atoms with Crippen LogP contribution in [0.25, 0.3) is 5.69 Å². The highest BCUT2D eigenvalue weighted by molar-refractivity contribution is 9.10. The Morgan fingerprint density at radius 3 is 2.46 bits per heavy atom. The second-order valence-electron chi connectivity index (χ2n) is 6.38. The van der Waals surface area contributed by atoms with Crippen molar-refractivity contribution in [2.45, 2.75) is 33.3 Å². The molecule has 0 unspecified atom stereocenters. The largest absolute Gasteiger partial charge is 0.487 e. The van der Waals surface area contributed by atoms with Crippen molar-refractivity contribution in [2.24, 2.45) is 0 Å². The molecule has 0 N–H and O–H groups in total. The van der Waals surface area contributed by atoms with Gasteiger partial charge in [0.2, 0.25) is 0 Å². The Morgan fingerprint density at radius 1 is 1.15 bits per heavy atom. The predicted molar refractivity (Wildman–Crippen MR) is 111 cm³/mol. The Labute approximate surface area is 172 Å². The maximum atomic E-state index is 6.39. The molecule has 0 atom stereocenters. The summed E-state index contributed by atoms with van der Waals surface area (Å²) in [5.41, 5.74) is 3.84. The van der Waals surface area contributed by atoms with Gasteiger partial charge in [0.25, 0.3) is 0 Å². The van der Waals surface area contributed by atoms with E-state index >= 15 is 0 Å².